The van der Waals surface area contributed by atoms with Gasteiger partial charge in [0.05, 0.1) is 23.0 Å². The minimum atomic E-state index is -4.42. The number of nitrogens with zero attached hydrogens (tertiary/aromatic N) is 4. The summed E-state index contributed by atoms with van der Waals surface area (Å²) in [6, 6.07) is 16.8. The van der Waals surface area contributed by atoms with Crippen LogP contribution in [-0.2, 0) is 22.7 Å². The van der Waals surface area contributed by atoms with Crippen molar-refractivity contribution in [3.8, 4) is 0 Å². The van der Waals surface area contributed by atoms with Crippen LogP contribution in [0.15, 0.2) is 76.8 Å². The number of sulfonamides is 1. The zero-order valence-corrected chi connectivity index (χ0v) is 22.2. The van der Waals surface area contributed by atoms with E-state index in [2.05, 4.69) is 22.8 Å². The SMILES string of the molecule is CSc1nnc([C@@H]2C[C@@H](S)CN2S(=O)(=O)c2ccc3ccccc3c2)n1Cc1ccc(C(F)(F)F)cc1. The van der Waals surface area contributed by atoms with Gasteiger partial charge in [-0.25, -0.2) is 8.42 Å². The fourth-order valence-electron chi connectivity index (χ4n) is 4.58. The molecule has 4 aromatic rings. The van der Waals surface area contributed by atoms with E-state index < -0.39 is 27.8 Å². The summed E-state index contributed by atoms with van der Waals surface area (Å²) < 4.78 is 69.8. The molecule has 6 nitrogen and oxygen atoms in total. The molecule has 0 amide bonds. The van der Waals surface area contributed by atoms with Gasteiger partial charge in [0.1, 0.15) is 0 Å². The first-order chi connectivity index (χ1) is 17.6. The van der Waals surface area contributed by atoms with Crippen LogP contribution in [0.3, 0.4) is 0 Å². The van der Waals surface area contributed by atoms with Crippen molar-refractivity contribution < 1.29 is 21.6 Å². The van der Waals surface area contributed by atoms with Crippen LogP contribution >= 0.6 is 24.4 Å². The summed E-state index contributed by atoms with van der Waals surface area (Å²) in [7, 11) is -3.90. The molecule has 2 heterocycles. The van der Waals surface area contributed by atoms with Crippen LogP contribution in [0.1, 0.15) is 29.4 Å². The molecule has 1 saturated heterocycles. The first-order valence-corrected chi connectivity index (χ1v) is 14.6. The fourth-order valence-corrected chi connectivity index (χ4v) is 7.24. The van der Waals surface area contributed by atoms with E-state index in [0.29, 0.717) is 23.0 Å². The van der Waals surface area contributed by atoms with Gasteiger partial charge in [-0.1, -0.05) is 54.2 Å². The van der Waals surface area contributed by atoms with Crippen molar-refractivity contribution in [2.24, 2.45) is 0 Å². The van der Waals surface area contributed by atoms with Gasteiger partial charge in [-0.05, 0) is 53.3 Å². The molecule has 0 aliphatic carbocycles. The highest BCUT2D eigenvalue weighted by Gasteiger charge is 2.42. The van der Waals surface area contributed by atoms with E-state index >= 15 is 0 Å². The van der Waals surface area contributed by atoms with Gasteiger partial charge in [-0.15, -0.1) is 10.2 Å². The van der Waals surface area contributed by atoms with Gasteiger partial charge in [0.25, 0.3) is 0 Å². The summed E-state index contributed by atoms with van der Waals surface area (Å²) in [6.07, 6.45) is -2.18. The van der Waals surface area contributed by atoms with Crippen LogP contribution in [-0.4, -0.2) is 45.5 Å². The van der Waals surface area contributed by atoms with Crippen molar-refractivity contribution >= 4 is 45.2 Å². The Morgan fingerprint density at radius 3 is 2.41 bits per heavy atom. The van der Waals surface area contributed by atoms with Crippen molar-refractivity contribution in [2.75, 3.05) is 12.8 Å². The first kappa shape index (κ1) is 26.1. The van der Waals surface area contributed by atoms with E-state index in [1.165, 1.54) is 28.2 Å². The van der Waals surface area contributed by atoms with Crippen LogP contribution in [0, 0.1) is 0 Å². The van der Waals surface area contributed by atoms with Crippen LogP contribution in [0.5, 0.6) is 0 Å². The molecule has 0 bridgehead atoms. The number of halogens is 3. The molecule has 0 spiro atoms. The third-order valence-corrected chi connectivity index (χ3v) is 9.32. The number of benzene rings is 3. The maximum atomic E-state index is 13.8. The lowest BCUT2D eigenvalue weighted by Gasteiger charge is -2.24. The maximum Gasteiger partial charge on any atom is 0.416 e. The van der Waals surface area contributed by atoms with Crippen molar-refractivity contribution in [1.82, 2.24) is 19.1 Å². The number of hydrogen-bond donors (Lipinski definition) is 1. The largest absolute Gasteiger partial charge is 0.416 e. The Kier molecular flexibility index (Phi) is 7.03. The fraction of sp³-hybridized carbons (Fsp3) is 0.280. The van der Waals surface area contributed by atoms with E-state index in [0.717, 1.165) is 22.9 Å². The number of fused-ring (bicyclic) bond motifs is 1. The van der Waals surface area contributed by atoms with Crippen molar-refractivity contribution in [1.29, 1.82) is 0 Å². The first-order valence-electron chi connectivity index (χ1n) is 11.4. The number of aromatic nitrogens is 3. The van der Waals surface area contributed by atoms with Crippen molar-refractivity contribution in [3.05, 3.63) is 83.7 Å². The molecule has 1 aliphatic heterocycles. The van der Waals surface area contributed by atoms with Crippen LogP contribution < -0.4 is 0 Å². The molecule has 2 atom stereocenters. The number of thiol groups is 1. The zero-order valence-electron chi connectivity index (χ0n) is 19.6. The molecular formula is C25H23F3N4O2S3. The molecule has 0 unspecified atom stereocenters. The van der Waals surface area contributed by atoms with Gasteiger partial charge in [-0.2, -0.15) is 30.1 Å². The third kappa shape index (κ3) is 5.12. The maximum absolute atomic E-state index is 13.8. The lowest BCUT2D eigenvalue weighted by atomic mass is 10.1. The number of rotatable bonds is 6. The molecule has 1 aromatic heterocycles. The summed E-state index contributed by atoms with van der Waals surface area (Å²) in [5.74, 6) is 0.435. The summed E-state index contributed by atoms with van der Waals surface area (Å²) >= 11 is 5.92. The van der Waals surface area contributed by atoms with Crippen LogP contribution in [0.2, 0.25) is 0 Å². The van der Waals surface area contributed by atoms with Crippen LogP contribution in [0.25, 0.3) is 10.8 Å². The lowest BCUT2D eigenvalue weighted by Crippen LogP contribution is -2.33. The van der Waals surface area contributed by atoms with E-state index in [1.54, 1.807) is 22.8 Å². The van der Waals surface area contributed by atoms with E-state index in [9.17, 15) is 21.6 Å². The highest BCUT2D eigenvalue weighted by atomic mass is 32.2. The molecule has 0 N–H and O–H groups in total. The predicted octanol–water partition coefficient (Wildman–Crippen LogP) is 5.65. The Bertz CT molecular complexity index is 1540. The van der Waals surface area contributed by atoms with Gasteiger partial charge in [0, 0.05) is 11.8 Å². The molecule has 194 valence electrons. The Hall–Kier alpha value is -2.54. The monoisotopic (exact) mass is 564 g/mol. The average molecular weight is 565 g/mol. The van der Waals surface area contributed by atoms with Crippen molar-refractivity contribution in [2.45, 2.75) is 40.5 Å². The predicted molar refractivity (Wildman–Crippen MR) is 140 cm³/mol. The van der Waals surface area contributed by atoms with Crippen LogP contribution in [0.4, 0.5) is 13.2 Å². The average Bonchev–Trinajstić information content (AvgIpc) is 3.46. The normalized spacial score (nSPS) is 19.1. The second-order valence-corrected chi connectivity index (χ2v) is 12.2. The minimum Gasteiger partial charge on any atom is -0.300 e. The quantitative estimate of drug-likeness (QED) is 0.242. The second-order valence-electron chi connectivity index (χ2n) is 8.81. The molecule has 1 fully saturated rings. The number of thioether (sulfide) groups is 1. The molecule has 0 saturated carbocycles. The Balaban J connectivity index is 1.51. The van der Waals surface area contributed by atoms with Gasteiger partial charge < -0.3 is 4.57 Å². The molecule has 0 radical (unpaired) electrons. The Morgan fingerprint density at radius 2 is 1.73 bits per heavy atom. The highest BCUT2D eigenvalue weighted by molar-refractivity contribution is 7.98. The standard InChI is InChI=1S/C25H23F3N4O2S3/c1-36-24-30-29-23(31(24)14-16-6-9-19(10-7-16)25(26,27)28)22-13-20(35)15-32(22)37(33,34)21-11-8-17-4-2-3-5-18(17)12-21/h2-12,20,22,35H,13-15H2,1H3/t20-,22+/m1/s1. The zero-order chi connectivity index (χ0) is 26.4. The molecule has 37 heavy (non-hydrogen) atoms. The highest BCUT2D eigenvalue weighted by Crippen LogP contribution is 2.39. The number of hydrogen-bond acceptors (Lipinski definition) is 6. The van der Waals surface area contributed by atoms with Crippen molar-refractivity contribution in [3.63, 3.8) is 0 Å². The summed E-state index contributed by atoms with van der Waals surface area (Å²) in [6.45, 7) is 0.402. The summed E-state index contributed by atoms with van der Waals surface area (Å²) in [5.41, 5.74) is -0.111. The smallest absolute Gasteiger partial charge is 0.300 e. The van der Waals surface area contributed by atoms with E-state index in [1.807, 2.05) is 30.5 Å². The van der Waals surface area contributed by atoms with E-state index in [-0.39, 0.29) is 23.2 Å². The third-order valence-electron chi connectivity index (χ3n) is 6.41. The second kappa shape index (κ2) is 9.97. The van der Waals surface area contributed by atoms with Gasteiger partial charge in [0.2, 0.25) is 10.0 Å². The molecule has 3 aromatic carbocycles. The Labute approximate surface area is 222 Å². The Morgan fingerprint density at radius 1 is 1.03 bits per heavy atom. The lowest BCUT2D eigenvalue weighted by molar-refractivity contribution is -0.137. The van der Waals surface area contributed by atoms with Gasteiger partial charge in [-0.3, -0.25) is 0 Å². The van der Waals surface area contributed by atoms with Gasteiger partial charge in [0.15, 0.2) is 11.0 Å². The van der Waals surface area contributed by atoms with E-state index in [4.69, 9.17) is 0 Å². The molecule has 12 heteroatoms. The summed E-state index contributed by atoms with van der Waals surface area (Å²) in [5, 5.41) is 10.7. The summed E-state index contributed by atoms with van der Waals surface area (Å²) in [4.78, 5) is 0.178. The molecular weight excluding hydrogens is 541 g/mol. The topological polar surface area (TPSA) is 68.1 Å². The molecule has 1 aliphatic rings. The minimum absolute atomic E-state index is 0.178. The van der Waals surface area contributed by atoms with Gasteiger partial charge >= 0.3 is 6.18 Å². The molecule has 5 rings (SSSR count). The number of alkyl halides is 3.